The van der Waals surface area contributed by atoms with Gasteiger partial charge in [-0.2, -0.15) is 5.26 Å². The number of hydrogen-bond acceptors (Lipinski definition) is 6. The molecule has 0 aliphatic heterocycles. The molecule has 2 amide bonds. The second-order valence-electron chi connectivity index (χ2n) is 12.9. The summed E-state index contributed by atoms with van der Waals surface area (Å²) in [6.07, 6.45) is 8.03. The average Bonchev–Trinajstić information content (AvgIpc) is 3.48. The van der Waals surface area contributed by atoms with E-state index in [9.17, 15) is 24.8 Å². The molecule has 6 fully saturated rings. The smallest absolute Gasteiger partial charge is 0.309 e. The molecule has 6 saturated carbocycles. The Hall–Kier alpha value is -3.28. The number of aliphatic carboxylic acids is 1. The van der Waals surface area contributed by atoms with Gasteiger partial charge in [0.25, 0.3) is 5.91 Å². The third-order valence-corrected chi connectivity index (χ3v) is 10.5. The minimum Gasteiger partial charge on any atom is -0.496 e. The first-order valence-corrected chi connectivity index (χ1v) is 14.3. The van der Waals surface area contributed by atoms with Crippen molar-refractivity contribution in [2.45, 2.75) is 88.8 Å². The molecule has 9 heteroatoms. The van der Waals surface area contributed by atoms with Gasteiger partial charge in [0.15, 0.2) is 0 Å². The van der Waals surface area contributed by atoms with Crippen LogP contribution in [0.4, 0.5) is 0 Å². The quantitative estimate of drug-likeness (QED) is 0.460. The molecule has 6 aliphatic carbocycles. The predicted molar refractivity (Wildman–Crippen MR) is 140 cm³/mol. The number of methoxy groups -OCH3 is 1. The summed E-state index contributed by atoms with van der Waals surface area (Å²) in [5.41, 5.74) is -0.253. The van der Waals surface area contributed by atoms with Crippen molar-refractivity contribution in [3.05, 3.63) is 23.3 Å². The molecule has 1 aromatic carbocycles. The molecule has 0 heterocycles. The van der Waals surface area contributed by atoms with Gasteiger partial charge >= 0.3 is 5.97 Å². The Kier molecular flexibility index (Phi) is 6.28. The largest absolute Gasteiger partial charge is 0.496 e. The zero-order chi connectivity index (χ0) is 27.5. The van der Waals surface area contributed by atoms with Crippen LogP contribution in [-0.2, 0) is 9.59 Å². The number of ether oxygens (including phenoxy) is 2. The van der Waals surface area contributed by atoms with Crippen molar-refractivity contribution < 1.29 is 29.0 Å². The molecule has 0 saturated heterocycles. The number of carbonyl (C=O) groups excluding carboxylic acids is 2. The number of nitrogens with one attached hydrogen (secondary N) is 2. The fraction of sp³-hybridized carbons (Fsp3) is 0.667. The van der Waals surface area contributed by atoms with E-state index in [1.165, 1.54) is 13.2 Å². The van der Waals surface area contributed by atoms with E-state index >= 15 is 0 Å². The predicted octanol–water partition coefficient (Wildman–Crippen LogP) is 3.79. The molecule has 9 nitrogen and oxygen atoms in total. The number of carbonyl (C=O) groups is 3. The third-order valence-electron chi connectivity index (χ3n) is 10.5. The van der Waals surface area contributed by atoms with Gasteiger partial charge in [-0.05, 0) is 95.0 Å². The molecular weight excluding hydrogens is 498 g/mol. The van der Waals surface area contributed by atoms with Crippen LogP contribution >= 0.6 is 0 Å². The third kappa shape index (κ3) is 4.42. The first kappa shape index (κ1) is 26.0. The van der Waals surface area contributed by atoms with E-state index in [-0.39, 0.29) is 64.1 Å². The molecular formula is C30H37N3O6. The summed E-state index contributed by atoms with van der Waals surface area (Å²) in [5, 5.41) is 25.8. The Morgan fingerprint density at radius 2 is 1.74 bits per heavy atom. The number of rotatable bonds is 8. The summed E-state index contributed by atoms with van der Waals surface area (Å²) in [4.78, 5) is 38.7. The number of benzene rings is 1. The molecule has 0 radical (unpaired) electrons. The monoisotopic (exact) mass is 535 g/mol. The lowest BCUT2D eigenvalue weighted by atomic mass is 9.50. The molecule has 0 spiro atoms. The highest BCUT2D eigenvalue weighted by Gasteiger charge is 2.59. The number of fused-ring (bicyclic) bond motifs is 2. The summed E-state index contributed by atoms with van der Waals surface area (Å²) >= 11 is 0. The lowest BCUT2D eigenvalue weighted by Gasteiger charge is -2.62. The maximum absolute atomic E-state index is 13.7. The number of amides is 2. The van der Waals surface area contributed by atoms with E-state index in [0.29, 0.717) is 31.4 Å². The van der Waals surface area contributed by atoms with Gasteiger partial charge < -0.3 is 25.2 Å². The van der Waals surface area contributed by atoms with Crippen LogP contribution in [0.3, 0.4) is 0 Å². The van der Waals surface area contributed by atoms with Crippen molar-refractivity contribution in [2.75, 3.05) is 7.11 Å². The fourth-order valence-corrected chi connectivity index (χ4v) is 7.91. The van der Waals surface area contributed by atoms with Crippen molar-refractivity contribution in [2.24, 2.45) is 29.1 Å². The maximum atomic E-state index is 13.7. The molecule has 208 valence electrons. The minimum atomic E-state index is -0.807. The summed E-state index contributed by atoms with van der Waals surface area (Å²) in [7, 11) is 1.46. The highest BCUT2D eigenvalue weighted by Crippen LogP contribution is 2.57. The summed E-state index contributed by atoms with van der Waals surface area (Å²) < 4.78 is 11.7. The van der Waals surface area contributed by atoms with Gasteiger partial charge in [-0.25, -0.2) is 0 Å². The first-order chi connectivity index (χ1) is 18.6. The Balaban J connectivity index is 1.19. The Morgan fingerprint density at radius 1 is 1.05 bits per heavy atom. The molecule has 7 rings (SSSR count). The minimum absolute atomic E-state index is 0.00174. The van der Waals surface area contributed by atoms with Crippen LogP contribution in [0, 0.1) is 40.4 Å². The van der Waals surface area contributed by atoms with Crippen molar-refractivity contribution in [1.29, 1.82) is 5.26 Å². The van der Waals surface area contributed by atoms with Crippen LogP contribution in [0.25, 0.3) is 0 Å². The Bertz CT molecular complexity index is 1230. The van der Waals surface area contributed by atoms with E-state index in [0.717, 1.165) is 44.4 Å². The Labute approximate surface area is 228 Å². The van der Waals surface area contributed by atoms with Gasteiger partial charge in [0.2, 0.25) is 5.91 Å². The molecule has 39 heavy (non-hydrogen) atoms. The van der Waals surface area contributed by atoms with Gasteiger partial charge in [0.1, 0.15) is 17.6 Å². The van der Waals surface area contributed by atoms with E-state index < -0.39 is 11.4 Å². The second-order valence-corrected chi connectivity index (χ2v) is 12.9. The summed E-state index contributed by atoms with van der Waals surface area (Å²) in [5.74, 6) is 0.597. The highest BCUT2D eigenvalue weighted by atomic mass is 16.5. The van der Waals surface area contributed by atoms with Crippen LogP contribution in [0.5, 0.6) is 11.5 Å². The SMILES string of the molecule is COc1cc(C#N)c(OC2CCC(C)(C(=O)O)CC2)cc1C(=O)N[C@@H]1[C@H]2CC[C@H](C2)[C@@H]1C(=O)NC12CC(C1)C2. The van der Waals surface area contributed by atoms with Gasteiger partial charge in [0.05, 0.1) is 35.7 Å². The van der Waals surface area contributed by atoms with Crippen LogP contribution < -0.4 is 20.1 Å². The van der Waals surface area contributed by atoms with Gasteiger partial charge in [-0.1, -0.05) is 0 Å². The number of carboxylic acids is 1. The molecule has 4 bridgehead atoms. The van der Waals surface area contributed by atoms with Crippen LogP contribution in [-0.4, -0.2) is 47.7 Å². The zero-order valence-corrected chi connectivity index (χ0v) is 22.6. The number of carboxylic acid groups (broad SMARTS) is 1. The van der Waals surface area contributed by atoms with Gasteiger partial charge in [-0.15, -0.1) is 0 Å². The number of hydrogen-bond donors (Lipinski definition) is 3. The normalized spacial score (nSPS) is 37.6. The summed E-state index contributed by atoms with van der Waals surface area (Å²) in [6.45, 7) is 1.75. The zero-order valence-electron chi connectivity index (χ0n) is 22.6. The molecule has 3 N–H and O–H groups in total. The molecule has 6 aliphatic rings. The summed E-state index contributed by atoms with van der Waals surface area (Å²) in [6, 6.07) is 4.97. The van der Waals surface area contributed by atoms with E-state index in [4.69, 9.17) is 9.47 Å². The average molecular weight is 536 g/mol. The maximum Gasteiger partial charge on any atom is 0.309 e. The van der Waals surface area contributed by atoms with E-state index in [1.54, 1.807) is 13.0 Å². The van der Waals surface area contributed by atoms with Crippen LogP contribution in [0.2, 0.25) is 0 Å². The van der Waals surface area contributed by atoms with Crippen molar-refractivity contribution in [3.8, 4) is 17.6 Å². The molecule has 0 aromatic heterocycles. The molecule has 0 unspecified atom stereocenters. The van der Waals surface area contributed by atoms with Crippen LogP contribution in [0.1, 0.15) is 87.1 Å². The topological polar surface area (TPSA) is 138 Å². The highest BCUT2D eigenvalue weighted by molar-refractivity contribution is 5.98. The lowest BCUT2D eigenvalue weighted by Crippen LogP contribution is -2.69. The van der Waals surface area contributed by atoms with Crippen molar-refractivity contribution in [3.63, 3.8) is 0 Å². The van der Waals surface area contributed by atoms with Crippen LogP contribution in [0.15, 0.2) is 12.1 Å². The fourth-order valence-electron chi connectivity index (χ4n) is 7.91. The van der Waals surface area contributed by atoms with Crippen molar-refractivity contribution in [1.82, 2.24) is 10.6 Å². The van der Waals surface area contributed by atoms with Gasteiger partial charge in [-0.3, -0.25) is 14.4 Å². The van der Waals surface area contributed by atoms with Gasteiger partial charge in [0, 0.05) is 17.6 Å². The number of nitriles is 1. The van der Waals surface area contributed by atoms with E-state index in [2.05, 4.69) is 16.7 Å². The second kappa shape index (κ2) is 9.42. The first-order valence-electron chi connectivity index (χ1n) is 14.3. The standard InChI is InChI=1S/C30H37N3O6/c1-29(28(36)37)7-5-20(6-8-29)39-22-11-21(23(38-2)10-19(22)15-31)26(34)32-25-18-4-3-17(9-18)24(25)27(35)33-30-12-16(13-30)14-30/h10-11,16-18,20,24-25H,3-9,12-14H2,1-2H3,(H,32,34)(H,33,35)(H,36,37)/t16?,17-,18+,20?,24+,25-,29?,30?/m1/s1. The lowest BCUT2D eigenvalue weighted by molar-refractivity contribution is -0.150. The van der Waals surface area contributed by atoms with E-state index in [1.807, 2.05) is 0 Å². The molecule has 1 aromatic rings. The number of nitrogens with zero attached hydrogens (tertiary/aromatic N) is 1. The Morgan fingerprint density at radius 3 is 2.33 bits per heavy atom. The van der Waals surface area contributed by atoms with Crippen molar-refractivity contribution >= 4 is 17.8 Å². The molecule has 4 atom stereocenters.